The van der Waals surface area contributed by atoms with Crippen LogP contribution in [0.25, 0.3) is 0 Å². The number of rotatable bonds is 2. The minimum atomic E-state index is -4.57. The van der Waals surface area contributed by atoms with E-state index in [4.69, 9.17) is 5.11 Å². The molecule has 1 amide bonds. The van der Waals surface area contributed by atoms with Crippen LogP contribution in [0.1, 0.15) is 37.3 Å². The zero-order chi connectivity index (χ0) is 17.5. The number of nitrogens with zero attached hydrogens (tertiary/aromatic N) is 4. The molecular weight excluding hydrogens is 329 g/mol. The number of hydrogen-bond donors (Lipinski definition) is 1. The van der Waals surface area contributed by atoms with Crippen LogP contribution in [0.2, 0.25) is 0 Å². The van der Waals surface area contributed by atoms with Gasteiger partial charge in [-0.1, -0.05) is 6.42 Å². The van der Waals surface area contributed by atoms with Gasteiger partial charge in [0.2, 0.25) is 11.7 Å². The topological polar surface area (TPSA) is 88.3 Å². The molecule has 132 valence electrons. The zero-order valence-electron chi connectivity index (χ0n) is 12.8. The maximum absolute atomic E-state index is 12.8. The first-order valence-electron chi connectivity index (χ1n) is 7.78. The van der Waals surface area contributed by atoms with Crippen LogP contribution in [0.3, 0.4) is 0 Å². The van der Waals surface area contributed by atoms with E-state index in [2.05, 4.69) is 10.2 Å². The van der Waals surface area contributed by atoms with Gasteiger partial charge in [0.05, 0.1) is 12.5 Å². The third kappa shape index (κ3) is 3.09. The average molecular weight is 346 g/mol. The van der Waals surface area contributed by atoms with Gasteiger partial charge in [0.1, 0.15) is 0 Å². The van der Waals surface area contributed by atoms with Gasteiger partial charge < -0.3 is 14.6 Å². The van der Waals surface area contributed by atoms with Crippen molar-refractivity contribution in [2.45, 2.75) is 44.9 Å². The summed E-state index contributed by atoms with van der Waals surface area (Å²) in [6.07, 6.45) is -2.46. The fourth-order valence-electron chi connectivity index (χ4n) is 3.45. The van der Waals surface area contributed by atoms with E-state index in [1.54, 1.807) is 0 Å². The highest BCUT2D eigenvalue weighted by Crippen LogP contribution is 2.33. The molecule has 1 aromatic rings. The van der Waals surface area contributed by atoms with E-state index in [1.807, 2.05) is 0 Å². The molecule has 1 N–H and O–H groups in total. The molecule has 1 saturated carbocycles. The predicted octanol–water partition coefficient (Wildman–Crippen LogP) is 1.53. The molecule has 2 aliphatic rings. The van der Waals surface area contributed by atoms with Crippen molar-refractivity contribution in [3.05, 3.63) is 11.6 Å². The van der Waals surface area contributed by atoms with Crippen LogP contribution in [0.5, 0.6) is 0 Å². The number of fused-ring (bicyclic) bond motifs is 1. The van der Waals surface area contributed by atoms with E-state index in [1.165, 1.54) is 4.90 Å². The molecular formula is C14H17F3N4O3. The van der Waals surface area contributed by atoms with Crippen molar-refractivity contribution in [1.29, 1.82) is 0 Å². The first kappa shape index (κ1) is 16.7. The second-order valence-corrected chi connectivity index (χ2v) is 6.25. The van der Waals surface area contributed by atoms with Crippen molar-refractivity contribution in [2.75, 3.05) is 6.54 Å². The molecule has 0 radical (unpaired) electrons. The highest BCUT2D eigenvalue weighted by Gasteiger charge is 2.41. The molecule has 3 rings (SSSR count). The lowest BCUT2D eigenvalue weighted by Crippen LogP contribution is -2.43. The van der Waals surface area contributed by atoms with E-state index in [-0.39, 0.29) is 37.8 Å². The standard InChI is InChI=1S/C14H17F3N4O3/c15-14(16,17)13-19-18-10-7-20(4-5-21(10)13)11(22)8-2-1-3-9(6-8)12(23)24/h8-9H,1-7H2,(H,23,24). The van der Waals surface area contributed by atoms with Gasteiger partial charge in [-0.2, -0.15) is 13.2 Å². The monoisotopic (exact) mass is 346 g/mol. The van der Waals surface area contributed by atoms with Crippen LogP contribution in [-0.2, 0) is 28.9 Å². The molecule has 1 fully saturated rings. The number of carbonyl (C=O) groups is 2. The maximum atomic E-state index is 12.8. The van der Waals surface area contributed by atoms with E-state index < -0.39 is 29.8 Å². The number of halogens is 3. The Morgan fingerprint density at radius 2 is 1.83 bits per heavy atom. The number of carboxylic acid groups (broad SMARTS) is 1. The van der Waals surface area contributed by atoms with Gasteiger partial charge in [-0.3, -0.25) is 9.59 Å². The number of carbonyl (C=O) groups excluding carboxylic acids is 1. The fraction of sp³-hybridized carbons (Fsp3) is 0.714. The first-order chi connectivity index (χ1) is 11.3. The van der Waals surface area contributed by atoms with Gasteiger partial charge in [-0.05, 0) is 19.3 Å². The molecule has 0 bridgehead atoms. The highest BCUT2D eigenvalue weighted by atomic mass is 19.4. The summed E-state index contributed by atoms with van der Waals surface area (Å²) in [6, 6.07) is 0. The summed E-state index contributed by atoms with van der Waals surface area (Å²) in [4.78, 5) is 25.2. The van der Waals surface area contributed by atoms with E-state index in [0.717, 1.165) is 4.57 Å². The number of carboxylic acids is 1. The smallest absolute Gasteiger partial charge is 0.451 e. The molecule has 0 spiro atoms. The number of amides is 1. The molecule has 1 aliphatic carbocycles. The summed E-state index contributed by atoms with van der Waals surface area (Å²) in [5.74, 6) is -2.97. The van der Waals surface area contributed by atoms with Gasteiger partial charge in [0, 0.05) is 19.0 Å². The molecule has 1 aliphatic heterocycles. The summed E-state index contributed by atoms with van der Waals surface area (Å²) in [5, 5.41) is 15.8. The lowest BCUT2D eigenvalue weighted by molar-refractivity contribution is -0.148. The Hall–Kier alpha value is -2.13. The van der Waals surface area contributed by atoms with Crippen LogP contribution < -0.4 is 0 Å². The number of aliphatic carboxylic acids is 1. The Balaban J connectivity index is 1.70. The van der Waals surface area contributed by atoms with Crippen molar-refractivity contribution >= 4 is 11.9 Å². The van der Waals surface area contributed by atoms with E-state index in [9.17, 15) is 22.8 Å². The SMILES string of the molecule is O=C(O)C1CCCC(C(=O)N2CCn3c(nnc3C(F)(F)F)C2)C1. The third-order valence-electron chi connectivity index (χ3n) is 4.69. The number of alkyl halides is 3. The molecule has 0 saturated heterocycles. The molecule has 10 heteroatoms. The van der Waals surface area contributed by atoms with Gasteiger partial charge >= 0.3 is 12.1 Å². The molecule has 1 aromatic heterocycles. The van der Waals surface area contributed by atoms with Crippen LogP contribution >= 0.6 is 0 Å². The largest absolute Gasteiger partial charge is 0.481 e. The maximum Gasteiger partial charge on any atom is 0.451 e. The van der Waals surface area contributed by atoms with Gasteiger partial charge in [-0.25, -0.2) is 0 Å². The van der Waals surface area contributed by atoms with Crippen molar-refractivity contribution < 1.29 is 27.9 Å². The van der Waals surface area contributed by atoms with Gasteiger partial charge in [0.25, 0.3) is 0 Å². The quantitative estimate of drug-likeness (QED) is 0.877. The van der Waals surface area contributed by atoms with Crippen molar-refractivity contribution in [1.82, 2.24) is 19.7 Å². The van der Waals surface area contributed by atoms with Crippen molar-refractivity contribution in [3.8, 4) is 0 Å². The second-order valence-electron chi connectivity index (χ2n) is 6.25. The lowest BCUT2D eigenvalue weighted by atomic mass is 9.80. The molecule has 0 aromatic carbocycles. The van der Waals surface area contributed by atoms with Crippen molar-refractivity contribution in [3.63, 3.8) is 0 Å². The molecule has 2 unspecified atom stereocenters. The van der Waals surface area contributed by atoms with Crippen molar-refractivity contribution in [2.24, 2.45) is 11.8 Å². The predicted molar refractivity (Wildman–Crippen MR) is 73.5 cm³/mol. The van der Waals surface area contributed by atoms with E-state index in [0.29, 0.717) is 19.3 Å². The Bertz CT molecular complexity index is 658. The minimum absolute atomic E-state index is 0.0159. The number of hydrogen-bond acceptors (Lipinski definition) is 4. The Kier molecular flexibility index (Phi) is 4.22. The second kappa shape index (κ2) is 6.06. The molecule has 7 nitrogen and oxygen atoms in total. The summed E-state index contributed by atoms with van der Waals surface area (Å²) >= 11 is 0. The van der Waals surface area contributed by atoms with Gasteiger partial charge in [-0.15, -0.1) is 10.2 Å². The fourth-order valence-corrected chi connectivity index (χ4v) is 3.45. The zero-order valence-corrected chi connectivity index (χ0v) is 12.8. The summed E-state index contributed by atoms with van der Waals surface area (Å²) in [5.41, 5.74) is 0. The lowest BCUT2D eigenvalue weighted by Gasteiger charge is -2.33. The van der Waals surface area contributed by atoms with Gasteiger partial charge in [0.15, 0.2) is 5.82 Å². The molecule has 24 heavy (non-hydrogen) atoms. The summed E-state index contributed by atoms with van der Waals surface area (Å²) in [7, 11) is 0. The Morgan fingerprint density at radius 1 is 1.12 bits per heavy atom. The normalized spacial score (nSPS) is 24.5. The van der Waals surface area contributed by atoms with Crippen LogP contribution in [-0.4, -0.2) is 43.2 Å². The third-order valence-corrected chi connectivity index (χ3v) is 4.69. The van der Waals surface area contributed by atoms with Crippen LogP contribution in [0.4, 0.5) is 13.2 Å². The Labute approximate surface area is 135 Å². The molecule has 2 atom stereocenters. The van der Waals surface area contributed by atoms with Crippen LogP contribution in [0.15, 0.2) is 0 Å². The summed E-state index contributed by atoms with van der Waals surface area (Å²) in [6.45, 7) is 0.0926. The first-order valence-corrected chi connectivity index (χ1v) is 7.78. The Morgan fingerprint density at radius 3 is 2.50 bits per heavy atom. The average Bonchev–Trinajstić information content (AvgIpc) is 2.97. The number of aromatic nitrogens is 3. The van der Waals surface area contributed by atoms with E-state index >= 15 is 0 Å². The van der Waals surface area contributed by atoms with Crippen LogP contribution in [0, 0.1) is 11.8 Å². The minimum Gasteiger partial charge on any atom is -0.481 e. The summed E-state index contributed by atoms with van der Waals surface area (Å²) < 4.78 is 39.4. The highest BCUT2D eigenvalue weighted by molar-refractivity contribution is 5.80. The molecule has 2 heterocycles.